The SMILES string of the molecule is COc1cccc(-c2cc(-c3ccc(Cl)c([N+](=O)[O-])c3)c(C#N)c(N)n2)c1. The van der Waals surface area contributed by atoms with Gasteiger partial charge in [-0.15, -0.1) is 0 Å². The van der Waals surface area contributed by atoms with Gasteiger partial charge in [0, 0.05) is 17.2 Å². The Morgan fingerprint density at radius 1 is 1.22 bits per heavy atom. The van der Waals surface area contributed by atoms with Gasteiger partial charge in [0.1, 0.15) is 28.2 Å². The van der Waals surface area contributed by atoms with Gasteiger partial charge in [0.25, 0.3) is 5.69 Å². The minimum Gasteiger partial charge on any atom is -0.497 e. The molecule has 27 heavy (non-hydrogen) atoms. The molecule has 2 aromatic carbocycles. The van der Waals surface area contributed by atoms with Gasteiger partial charge < -0.3 is 10.5 Å². The van der Waals surface area contributed by atoms with Crippen molar-refractivity contribution in [1.82, 2.24) is 4.98 Å². The molecule has 2 N–H and O–H groups in total. The molecule has 0 atom stereocenters. The smallest absolute Gasteiger partial charge is 0.288 e. The molecule has 0 fully saturated rings. The van der Waals surface area contributed by atoms with Crippen LogP contribution in [-0.4, -0.2) is 17.0 Å². The third-order valence-corrected chi connectivity index (χ3v) is 4.30. The topological polar surface area (TPSA) is 115 Å². The first-order chi connectivity index (χ1) is 12.9. The van der Waals surface area contributed by atoms with E-state index >= 15 is 0 Å². The Balaban J connectivity index is 2.24. The van der Waals surface area contributed by atoms with Crippen LogP contribution in [0.15, 0.2) is 48.5 Å². The van der Waals surface area contributed by atoms with Crippen molar-refractivity contribution in [3.8, 4) is 34.2 Å². The van der Waals surface area contributed by atoms with Gasteiger partial charge in [0.2, 0.25) is 0 Å². The predicted molar refractivity (Wildman–Crippen MR) is 102 cm³/mol. The van der Waals surface area contributed by atoms with Crippen molar-refractivity contribution >= 4 is 23.1 Å². The molecule has 0 spiro atoms. The summed E-state index contributed by atoms with van der Waals surface area (Å²) in [4.78, 5) is 14.9. The highest BCUT2D eigenvalue weighted by Gasteiger charge is 2.18. The Hall–Kier alpha value is -3.63. The number of rotatable bonds is 4. The molecule has 0 bridgehead atoms. The molecular formula is C19H13ClN4O3. The number of ether oxygens (including phenoxy) is 1. The zero-order chi connectivity index (χ0) is 19.6. The lowest BCUT2D eigenvalue weighted by molar-refractivity contribution is -0.384. The van der Waals surface area contributed by atoms with Gasteiger partial charge in [-0.05, 0) is 29.8 Å². The largest absolute Gasteiger partial charge is 0.497 e. The quantitative estimate of drug-likeness (QED) is 0.528. The first-order valence-electron chi connectivity index (χ1n) is 7.74. The molecule has 0 aliphatic carbocycles. The van der Waals surface area contributed by atoms with E-state index < -0.39 is 4.92 Å². The highest BCUT2D eigenvalue weighted by molar-refractivity contribution is 6.32. The molecule has 134 valence electrons. The number of halogens is 1. The number of pyridine rings is 1. The molecule has 3 aromatic rings. The first-order valence-corrected chi connectivity index (χ1v) is 8.11. The van der Waals surface area contributed by atoms with Crippen LogP contribution < -0.4 is 10.5 Å². The van der Waals surface area contributed by atoms with Crippen molar-refractivity contribution in [2.75, 3.05) is 12.8 Å². The summed E-state index contributed by atoms with van der Waals surface area (Å²) in [6.45, 7) is 0. The fourth-order valence-electron chi connectivity index (χ4n) is 2.66. The van der Waals surface area contributed by atoms with Gasteiger partial charge in [-0.25, -0.2) is 4.98 Å². The fraction of sp³-hybridized carbons (Fsp3) is 0.0526. The molecule has 0 unspecified atom stereocenters. The van der Waals surface area contributed by atoms with Crippen molar-refractivity contribution in [2.24, 2.45) is 0 Å². The van der Waals surface area contributed by atoms with Gasteiger partial charge in [0.05, 0.1) is 17.7 Å². The number of hydrogen-bond acceptors (Lipinski definition) is 6. The summed E-state index contributed by atoms with van der Waals surface area (Å²) in [7, 11) is 1.55. The number of nitro benzene ring substituents is 1. The summed E-state index contributed by atoms with van der Waals surface area (Å²) >= 11 is 5.89. The fourth-order valence-corrected chi connectivity index (χ4v) is 2.85. The zero-order valence-corrected chi connectivity index (χ0v) is 14.9. The zero-order valence-electron chi connectivity index (χ0n) is 14.1. The minimum absolute atomic E-state index is 0.0114. The molecule has 1 aromatic heterocycles. The molecule has 0 radical (unpaired) electrons. The molecule has 0 amide bonds. The van der Waals surface area contributed by atoms with E-state index in [1.165, 1.54) is 12.1 Å². The number of nitrogen functional groups attached to an aromatic ring is 1. The van der Waals surface area contributed by atoms with Crippen molar-refractivity contribution in [2.45, 2.75) is 0 Å². The number of nitriles is 1. The number of methoxy groups -OCH3 is 1. The van der Waals surface area contributed by atoms with E-state index in [0.717, 1.165) is 5.56 Å². The number of nitrogens with two attached hydrogens (primary N) is 1. The van der Waals surface area contributed by atoms with E-state index in [1.807, 2.05) is 12.1 Å². The average Bonchev–Trinajstić information content (AvgIpc) is 2.67. The number of anilines is 1. The van der Waals surface area contributed by atoms with Gasteiger partial charge in [-0.1, -0.05) is 29.8 Å². The Kier molecular flexibility index (Phi) is 4.92. The normalized spacial score (nSPS) is 10.3. The van der Waals surface area contributed by atoms with E-state index in [2.05, 4.69) is 4.98 Å². The summed E-state index contributed by atoms with van der Waals surface area (Å²) < 4.78 is 5.22. The van der Waals surface area contributed by atoms with E-state index in [9.17, 15) is 15.4 Å². The van der Waals surface area contributed by atoms with Crippen LogP contribution in [0.4, 0.5) is 11.5 Å². The lowest BCUT2D eigenvalue weighted by Crippen LogP contribution is -2.00. The first kappa shape index (κ1) is 18.2. The standard InChI is InChI=1S/C19H13ClN4O3/c1-27-13-4-2-3-12(7-13)17-9-14(15(10-21)19(22)23-17)11-5-6-16(20)18(8-11)24(25)26/h2-9H,1H3,(H2,22,23). The Morgan fingerprint density at radius 2 is 2.00 bits per heavy atom. The molecule has 8 heteroatoms. The van der Waals surface area contributed by atoms with Gasteiger partial charge in [-0.2, -0.15) is 5.26 Å². The van der Waals surface area contributed by atoms with Crippen molar-refractivity contribution in [3.05, 3.63) is 69.2 Å². The van der Waals surface area contributed by atoms with Crippen molar-refractivity contribution < 1.29 is 9.66 Å². The van der Waals surface area contributed by atoms with Crippen LogP contribution >= 0.6 is 11.6 Å². The molecule has 0 aliphatic heterocycles. The molecule has 0 aliphatic rings. The third-order valence-electron chi connectivity index (χ3n) is 3.98. The van der Waals surface area contributed by atoms with Crippen molar-refractivity contribution in [3.63, 3.8) is 0 Å². The Morgan fingerprint density at radius 3 is 2.67 bits per heavy atom. The third kappa shape index (κ3) is 3.52. The summed E-state index contributed by atoms with van der Waals surface area (Å²) in [5.41, 5.74) is 7.99. The Bertz CT molecular complexity index is 1090. The van der Waals surface area contributed by atoms with Crippen LogP contribution in [0.25, 0.3) is 22.4 Å². The summed E-state index contributed by atoms with van der Waals surface area (Å²) in [6, 6.07) is 15.2. The van der Waals surface area contributed by atoms with Gasteiger partial charge in [0.15, 0.2) is 0 Å². The van der Waals surface area contributed by atoms with Crippen LogP contribution in [0.3, 0.4) is 0 Å². The van der Waals surface area contributed by atoms with Crippen LogP contribution in [0.5, 0.6) is 5.75 Å². The number of nitrogens with zero attached hydrogens (tertiary/aromatic N) is 3. The van der Waals surface area contributed by atoms with E-state index in [-0.39, 0.29) is 22.1 Å². The highest BCUT2D eigenvalue weighted by atomic mass is 35.5. The summed E-state index contributed by atoms with van der Waals surface area (Å²) in [6.07, 6.45) is 0. The summed E-state index contributed by atoms with van der Waals surface area (Å²) in [5, 5.41) is 20.7. The monoisotopic (exact) mass is 380 g/mol. The molecular weight excluding hydrogens is 368 g/mol. The number of nitro groups is 1. The average molecular weight is 381 g/mol. The van der Waals surface area contributed by atoms with Gasteiger partial charge in [-0.3, -0.25) is 10.1 Å². The number of hydrogen-bond donors (Lipinski definition) is 1. The molecule has 7 nitrogen and oxygen atoms in total. The van der Waals surface area contributed by atoms with E-state index in [4.69, 9.17) is 22.1 Å². The predicted octanol–water partition coefficient (Wildman–Crippen LogP) is 4.44. The maximum absolute atomic E-state index is 11.2. The van der Waals surface area contributed by atoms with Crippen LogP contribution in [0, 0.1) is 21.4 Å². The van der Waals surface area contributed by atoms with E-state index in [0.29, 0.717) is 22.6 Å². The van der Waals surface area contributed by atoms with E-state index in [1.54, 1.807) is 37.4 Å². The van der Waals surface area contributed by atoms with Crippen molar-refractivity contribution in [1.29, 1.82) is 5.26 Å². The second-order valence-corrected chi connectivity index (χ2v) is 5.99. The van der Waals surface area contributed by atoms with Crippen LogP contribution in [-0.2, 0) is 0 Å². The molecule has 1 heterocycles. The second kappa shape index (κ2) is 7.32. The van der Waals surface area contributed by atoms with Crippen LogP contribution in [0.2, 0.25) is 5.02 Å². The minimum atomic E-state index is -0.578. The molecule has 3 rings (SSSR count). The highest BCUT2D eigenvalue weighted by Crippen LogP contribution is 2.35. The lowest BCUT2D eigenvalue weighted by Gasteiger charge is -2.11. The Labute approximate surface area is 159 Å². The maximum Gasteiger partial charge on any atom is 0.288 e. The lowest BCUT2D eigenvalue weighted by atomic mass is 9.98. The van der Waals surface area contributed by atoms with Gasteiger partial charge >= 0.3 is 0 Å². The molecule has 0 saturated carbocycles. The maximum atomic E-state index is 11.2. The van der Waals surface area contributed by atoms with Crippen LogP contribution in [0.1, 0.15) is 5.56 Å². The number of benzene rings is 2. The molecule has 0 saturated heterocycles. The second-order valence-electron chi connectivity index (χ2n) is 5.58. The summed E-state index contributed by atoms with van der Waals surface area (Å²) in [5.74, 6) is 0.673. The number of aromatic nitrogens is 1.